The molecule has 0 aliphatic heterocycles. The molecule has 2 aromatic rings. The van der Waals surface area contributed by atoms with Gasteiger partial charge in [-0.15, -0.1) is 0 Å². The quantitative estimate of drug-likeness (QED) is 0.810. The van der Waals surface area contributed by atoms with Crippen LogP contribution in [-0.2, 0) is 10.0 Å². The van der Waals surface area contributed by atoms with Gasteiger partial charge in [-0.05, 0) is 43.2 Å². The smallest absolute Gasteiger partial charge is 0.262 e. The molecule has 0 bridgehead atoms. The summed E-state index contributed by atoms with van der Waals surface area (Å²) in [6, 6.07) is 10.8. The van der Waals surface area contributed by atoms with E-state index < -0.39 is 15.8 Å². The number of para-hydroxylation sites is 1. The summed E-state index contributed by atoms with van der Waals surface area (Å²) in [5, 5.41) is 0. The second-order valence-electron chi connectivity index (χ2n) is 4.72. The number of aryl methyl sites for hydroxylation is 1. The maximum Gasteiger partial charge on any atom is 0.262 e. The third-order valence-corrected chi connectivity index (χ3v) is 5.07. The van der Waals surface area contributed by atoms with Crippen molar-refractivity contribution in [1.29, 1.82) is 0 Å². The molecule has 0 aromatic heterocycles. The Labute approximate surface area is 132 Å². The lowest BCUT2D eigenvalue weighted by atomic mass is 10.1. The summed E-state index contributed by atoms with van der Waals surface area (Å²) in [7, 11) is -3.83. The molecule has 3 nitrogen and oxygen atoms in total. The minimum Gasteiger partial charge on any atom is -0.279 e. The predicted octanol–water partition coefficient (Wildman–Crippen LogP) is 4.39. The van der Waals surface area contributed by atoms with Gasteiger partial charge in [0.1, 0.15) is 5.82 Å². The van der Waals surface area contributed by atoms with Crippen molar-refractivity contribution in [3.05, 3.63) is 59.4 Å². The van der Waals surface area contributed by atoms with Crippen molar-refractivity contribution in [3.8, 4) is 0 Å². The zero-order chi connectivity index (χ0) is 15.6. The van der Waals surface area contributed by atoms with Crippen molar-refractivity contribution in [3.63, 3.8) is 0 Å². The lowest BCUT2D eigenvalue weighted by molar-refractivity contribution is 0.594. The number of hydrogen-bond donors (Lipinski definition) is 1. The molecule has 21 heavy (non-hydrogen) atoms. The molecule has 1 N–H and O–H groups in total. The average molecular weight is 372 g/mol. The van der Waals surface area contributed by atoms with Crippen LogP contribution in [-0.4, -0.2) is 8.42 Å². The van der Waals surface area contributed by atoms with E-state index in [4.69, 9.17) is 0 Å². The number of nitrogens with one attached hydrogen (secondary N) is 1. The molecule has 6 heteroatoms. The first-order valence-electron chi connectivity index (χ1n) is 6.33. The lowest BCUT2D eigenvalue weighted by Crippen LogP contribution is -2.15. The zero-order valence-electron chi connectivity index (χ0n) is 11.6. The van der Waals surface area contributed by atoms with Crippen LogP contribution in [0.2, 0.25) is 0 Å². The Morgan fingerprint density at radius 2 is 1.86 bits per heavy atom. The zero-order valence-corrected chi connectivity index (χ0v) is 14.0. The highest BCUT2D eigenvalue weighted by molar-refractivity contribution is 9.09. The van der Waals surface area contributed by atoms with Gasteiger partial charge in [0.15, 0.2) is 0 Å². The van der Waals surface area contributed by atoms with E-state index in [2.05, 4.69) is 20.7 Å². The van der Waals surface area contributed by atoms with Crippen molar-refractivity contribution in [1.82, 2.24) is 0 Å². The Balaban J connectivity index is 2.45. The molecule has 1 unspecified atom stereocenters. The van der Waals surface area contributed by atoms with E-state index >= 15 is 0 Å². The second-order valence-corrected chi connectivity index (χ2v) is 7.74. The SMILES string of the molecule is Cc1ccc(F)cc1S(=O)(=O)Nc1ccccc1C(C)Br. The minimum atomic E-state index is -3.83. The second kappa shape index (κ2) is 6.15. The van der Waals surface area contributed by atoms with E-state index in [1.807, 2.05) is 19.1 Å². The Morgan fingerprint density at radius 1 is 1.19 bits per heavy atom. The standard InChI is InChI=1S/C15H15BrFNO2S/c1-10-7-8-12(17)9-15(10)21(19,20)18-14-6-4-3-5-13(14)11(2)16/h3-9,11,18H,1-2H3. The molecule has 0 amide bonds. The van der Waals surface area contributed by atoms with Gasteiger partial charge in [0.25, 0.3) is 10.0 Å². The first-order chi connectivity index (χ1) is 9.81. The molecule has 1 atom stereocenters. The molecule has 0 fully saturated rings. The van der Waals surface area contributed by atoms with Crippen molar-refractivity contribution in [2.45, 2.75) is 23.6 Å². The molecule has 0 saturated heterocycles. The summed E-state index contributed by atoms with van der Waals surface area (Å²) in [5.74, 6) is -0.580. The maximum atomic E-state index is 13.3. The topological polar surface area (TPSA) is 46.2 Å². The van der Waals surface area contributed by atoms with E-state index in [-0.39, 0.29) is 9.72 Å². The van der Waals surface area contributed by atoms with Gasteiger partial charge in [0.2, 0.25) is 0 Å². The highest BCUT2D eigenvalue weighted by Crippen LogP contribution is 2.30. The van der Waals surface area contributed by atoms with Crippen LogP contribution >= 0.6 is 15.9 Å². The van der Waals surface area contributed by atoms with E-state index in [1.165, 1.54) is 12.1 Å². The number of benzene rings is 2. The summed E-state index contributed by atoms with van der Waals surface area (Å²) in [6.45, 7) is 3.54. The van der Waals surface area contributed by atoms with Gasteiger partial charge in [-0.25, -0.2) is 12.8 Å². The Kier molecular flexibility index (Phi) is 4.68. The van der Waals surface area contributed by atoms with Gasteiger partial charge in [-0.1, -0.05) is 40.2 Å². The normalized spacial score (nSPS) is 13.0. The number of sulfonamides is 1. The maximum absolute atomic E-state index is 13.3. The number of hydrogen-bond acceptors (Lipinski definition) is 2. The van der Waals surface area contributed by atoms with Crippen LogP contribution in [0.5, 0.6) is 0 Å². The van der Waals surface area contributed by atoms with Gasteiger partial charge >= 0.3 is 0 Å². The first-order valence-corrected chi connectivity index (χ1v) is 8.73. The van der Waals surface area contributed by atoms with E-state index in [0.29, 0.717) is 11.3 Å². The van der Waals surface area contributed by atoms with Gasteiger partial charge in [-0.2, -0.15) is 0 Å². The number of anilines is 1. The van der Waals surface area contributed by atoms with Crippen LogP contribution in [0.25, 0.3) is 0 Å². The van der Waals surface area contributed by atoms with E-state index in [9.17, 15) is 12.8 Å². The molecule has 0 aliphatic carbocycles. The molecule has 0 aliphatic rings. The molecule has 0 radical (unpaired) electrons. The van der Waals surface area contributed by atoms with Crippen molar-refractivity contribution < 1.29 is 12.8 Å². The van der Waals surface area contributed by atoms with Crippen molar-refractivity contribution >= 4 is 31.6 Å². The molecular weight excluding hydrogens is 357 g/mol. The molecule has 112 valence electrons. The van der Waals surface area contributed by atoms with Crippen LogP contribution < -0.4 is 4.72 Å². The summed E-state index contributed by atoms with van der Waals surface area (Å²) >= 11 is 3.43. The molecule has 0 heterocycles. The van der Waals surface area contributed by atoms with Crippen LogP contribution in [0.3, 0.4) is 0 Å². The fraction of sp³-hybridized carbons (Fsp3) is 0.200. The van der Waals surface area contributed by atoms with Crippen LogP contribution in [0.15, 0.2) is 47.4 Å². The molecular formula is C15H15BrFNO2S. The lowest BCUT2D eigenvalue weighted by Gasteiger charge is -2.15. The highest BCUT2D eigenvalue weighted by Gasteiger charge is 2.19. The largest absolute Gasteiger partial charge is 0.279 e. The fourth-order valence-corrected chi connectivity index (χ4v) is 3.74. The molecule has 0 saturated carbocycles. The number of rotatable bonds is 4. The Bertz CT molecular complexity index is 760. The summed E-state index contributed by atoms with van der Waals surface area (Å²) in [6.07, 6.45) is 0. The van der Waals surface area contributed by atoms with Crippen LogP contribution in [0, 0.1) is 12.7 Å². The molecule has 2 rings (SSSR count). The van der Waals surface area contributed by atoms with Crippen molar-refractivity contribution in [2.75, 3.05) is 4.72 Å². The van der Waals surface area contributed by atoms with Crippen LogP contribution in [0.1, 0.15) is 22.9 Å². The van der Waals surface area contributed by atoms with Gasteiger partial charge in [-0.3, -0.25) is 4.72 Å². The van der Waals surface area contributed by atoms with Gasteiger partial charge in [0.05, 0.1) is 10.6 Å². The fourth-order valence-electron chi connectivity index (χ4n) is 2.00. The predicted molar refractivity (Wildman–Crippen MR) is 85.7 cm³/mol. The Hall–Kier alpha value is -1.40. The molecule has 2 aromatic carbocycles. The van der Waals surface area contributed by atoms with Crippen LogP contribution in [0.4, 0.5) is 10.1 Å². The summed E-state index contributed by atoms with van der Waals surface area (Å²) in [5.41, 5.74) is 1.79. The third kappa shape index (κ3) is 3.63. The Morgan fingerprint density at radius 3 is 2.52 bits per heavy atom. The summed E-state index contributed by atoms with van der Waals surface area (Å²) < 4.78 is 40.8. The monoisotopic (exact) mass is 371 g/mol. The molecule has 0 spiro atoms. The van der Waals surface area contributed by atoms with Gasteiger partial charge < -0.3 is 0 Å². The van der Waals surface area contributed by atoms with E-state index in [0.717, 1.165) is 11.6 Å². The highest BCUT2D eigenvalue weighted by atomic mass is 79.9. The average Bonchev–Trinajstić information content (AvgIpc) is 2.41. The minimum absolute atomic E-state index is 0.00925. The number of alkyl halides is 1. The van der Waals surface area contributed by atoms with Gasteiger partial charge in [0, 0.05) is 4.83 Å². The first kappa shape index (κ1) is 16.0. The summed E-state index contributed by atoms with van der Waals surface area (Å²) in [4.78, 5) is -0.0652. The third-order valence-electron chi connectivity index (χ3n) is 3.07. The number of halogens is 2. The van der Waals surface area contributed by atoms with Crippen molar-refractivity contribution in [2.24, 2.45) is 0 Å². The van der Waals surface area contributed by atoms with E-state index in [1.54, 1.807) is 19.1 Å².